The molecule has 0 saturated heterocycles. The molecule has 0 spiro atoms. The highest BCUT2D eigenvalue weighted by Gasteiger charge is 2.33. The van der Waals surface area contributed by atoms with Crippen LogP contribution in [0.2, 0.25) is 0 Å². The molecule has 4 nitrogen and oxygen atoms in total. The maximum atomic E-state index is 5.19. The zero-order chi connectivity index (χ0) is 24.7. The Labute approximate surface area is 207 Å². The summed E-state index contributed by atoms with van der Waals surface area (Å²) in [5, 5.41) is 0. The fourth-order valence-electron chi connectivity index (χ4n) is 4.91. The third-order valence-electron chi connectivity index (χ3n) is 6.69. The second-order valence-electron chi connectivity index (χ2n) is 9.86. The zero-order valence-electron chi connectivity index (χ0n) is 21.4. The molecule has 5 aromatic rings. The van der Waals surface area contributed by atoms with Gasteiger partial charge >= 0.3 is 0 Å². The van der Waals surface area contributed by atoms with Gasteiger partial charge in [0.2, 0.25) is 0 Å². The molecule has 0 N–H and O–H groups in total. The summed E-state index contributed by atoms with van der Waals surface area (Å²) in [6.07, 6.45) is 0. The van der Waals surface area contributed by atoms with E-state index in [0.29, 0.717) is 0 Å². The number of nitrogens with zero attached hydrogens (tertiary/aromatic N) is 4. The number of imidazole rings is 1. The Morgan fingerprint density at radius 1 is 0.714 bits per heavy atom. The molecule has 0 unspecified atom stereocenters. The molecule has 0 aliphatic rings. The van der Waals surface area contributed by atoms with Gasteiger partial charge in [0.1, 0.15) is 0 Å². The second kappa shape index (κ2) is 9.10. The lowest BCUT2D eigenvalue weighted by atomic mass is 9.99. The highest BCUT2D eigenvalue weighted by Crippen LogP contribution is 2.36. The van der Waals surface area contributed by atoms with Crippen LogP contribution in [0.3, 0.4) is 0 Å². The van der Waals surface area contributed by atoms with E-state index in [1.54, 1.807) is 0 Å². The lowest BCUT2D eigenvalue weighted by Crippen LogP contribution is -2.30. The third kappa shape index (κ3) is 3.93. The normalized spacial score (nSPS) is 11.7. The van der Waals surface area contributed by atoms with Crippen LogP contribution in [0.4, 0.5) is 0 Å². The largest absolute Gasteiger partial charge is 0.295 e. The Morgan fingerprint density at radius 3 is 1.91 bits per heavy atom. The highest BCUT2D eigenvalue weighted by molar-refractivity contribution is 5.80. The third-order valence-corrected chi connectivity index (χ3v) is 6.69. The van der Waals surface area contributed by atoms with Crippen LogP contribution in [0, 0.1) is 6.92 Å². The van der Waals surface area contributed by atoms with Crippen molar-refractivity contribution in [1.29, 1.82) is 0 Å². The summed E-state index contributed by atoms with van der Waals surface area (Å²) >= 11 is 0. The molecule has 3 aromatic carbocycles. The first-order valence-corrected chi connectivity index (χ1v) is 12.4. The summed E-state index contributed by atoms with van der Waals surface area (Å²) in [6, 6.07) is 27.5. The van der Waals surface area contributed by atoms with Crippen molar-refractivity contribution in [1.82, 2.24) is 14.5 Å². The average molecular weight is 462 g/mol. The van der Waals surface area contributed by atoms with E-state index in [-0.39, 0.29) is 11.8 Å². The van der Waals surface area contributed by atoms with Crippen LogP contribution in [0.5, 0.6) is 0 Å². The number of aromatic nitrogens is 4. The van der Waals surface area contributed by atoms with Gasteiger partial charge in [-0.25, -0.2) is 14.5 Å². The Balaban J connectivity index is 1.94. The van der Waals surface area contributed by atoms with Crippen molar-refractivity contribution in [3.8, 4) is 28.5 Å². The number of para-hydroxylation sites is 2. The summed E-state index contributed by atoms with van der Waals surface area (Å²) in [5.41, 5.74) is 9.08. The molecule has 4 heteroatoms. The first kappa shape index (κ1) is 23.0. The minimum absolute atomic E-state index is 0.226. The van der Waals surface area contributed by atoms with Crippen LogP contribution in [0.15, 0.2) is 78.9 Å². The van der Waals surface area contributed by atoms with E-state index >= 15 is 0 Å². The van der Waals surface area contributed by atoms with Gasteiger partial charge in [0.15, 0.2) is 22.5 Å². The average Bonchev–Trinajstić information content (AvgIpc) is 3.16. The zero-order valence-corrected chi connectivity index (χ0v) is 21.4. The van der Waals surface area contributed by atoms with Gasteiger partial charge in [-0.05, 0) is 30.7 Å². The van der Waals surface area contributed by atoms with Gasteiger partial charge in [-0.1, -0.05) is 88.4 Å². The molecule has 0 aliphatic heterocycles. The lowest BCUT2D eigenvalue weighted by molar-refractivity contribution is -0.633. The van der Waals surface area contributed by atoms with Crippen molar-refractivity contribution < 1.29 is 4.57 Å². The van der Waals surface area contributed by atoms with Gasteiger partial charge in [0.05, 0.1) is 24.0 Å². The molecule has 0 radical (unpaired) electrons. The molecular formula is C31H33N4+. The summed E-state index contributed by atoms with van der Waals surface area (Å²) in [6.45, 7) is 11.1. The van der Waals surface area contributed by atoms with E-state index in [1.807, 2.05) is 18.2 Å². The van der Waals surface area contributed by atoms with Crippen LogP contribution < -0.4 is 4.57 Å². The fourth-order valence-corrected chi connectivity index (χ4v) is 4.91. The van der Waals surface area contributed by atoms with Crippen LogP contribution in [-0.2, 0) is 7.05 Å². The van der Waals surface area contributed by atoms with Crippen LogP contribution >= 0.6 is 0 Å². The Kier molecular flexibility index (Phi) is 5.98. The molecule has 0 amide bonds. The monoisotopic (exact) mass is 461 g/mol. The standard InChI is InChI=1S/C31H33N4/c1-20(2)27-29(28(21(3)4)33-30(32-27)23-15-8-7-9-16-23)35-26-19-13-12-18-25(26)34(6)31(35)24-17-11-10-14-22(24)5/h7-21H,1-6H3/q+1. The predicted octanol–water partition coefficient (Wildman–Crippen LogP) is 7.13. The molecule has 0 fully saturated rings. The molecule has 0 saturated carbocycles. The number of fused-ring (bicyclic) bond motifs is 1. The predicted molar refractivity (Wildman–Crippen MR) is 144 cm³/mol. The number of rotatable bonds is 5. The minimum Gasteiger partial charge on any atom is -0.228 e. The number of hydrogen-bond donors (Lipinski definition) is 0. The summed E-state index contributed by atoms with van der Waals surface area (Å²) < 4.78 is 4.70. The number of hydrogen-bond acceptors (Lipinski definition) is 2. The summed E-state index contributed by atoms with van der Waals surface area (Å²) in [4.78, 5) is 10.4. The van der Waals surface area contributed by atoms with E-state index in [9.17, 15) is 0 Å². The molecule has 0 atom stereocenters. The van der Waals surface area contributed by atoms with Crippen molar-refractivity contribution in [2.45, 2.75) is 46.5 Å². The maximum Gasteiger partial charge on any atom is 0.295 e. The van der Waals surface area contributed by atoms with Crippen LogP contribution in [0.25, 0.3) is 39.5 Å². The summed E-state index contributed by atoms with van der Waals surface area (Å²) in [7, 11) is 2.16. The number of aryl methyl sites for hydroxylation is 2. The van der Waals surface area contributed by atoms with E-state index in [4.69, 9.17) is 9.97 Å². The van der Waals surface area contributed by atoms with E-state index in [2.05, 4.69) is 111 Å². The minimum atomic E-state index is 0.226. The van der Waals surface area contributed by atoms with Gasteiger partial charge in [-0.15, -0.1) is 0 Å². The van der Waals surface area contributed by atoms with E-state index in [0.717, 1.165) is 39.8 Å². The van der Waals surface area contributed by atoms with E-state index < -0.39 is 0 Å². The van der Waals surface area contributed by atoms with Crippen LogP contribution in [0.1, 0.15) is 56.5 Å². The van der Waals surface area contributed by atoms with Crippen molar-refractivity contribution in [3.63, 3.8) is 0 Å². The fraction of sp³-hybridized carbons (Fsp3) is 0.258. The first-order valence-electron chi connectivity index (χ1n) is 12.4. The van der Waals surface area contributed by atoms with Crippen molar-refractivity contribution in [3.05, 3.63) is 95.8 Å². The molecule has 2 heterocycles. The molecule has 35 heavy (non-hydrogen) atoms. The Hall–Kier alpha value is -3.79. The topological polar surface area (TPSA) is 34.6 Å². The molecular weight excluding hydrogens is 428 g/mol. The van der Waals surface area contributed by atoms with Gasteiger partial charge in [-0.2, -0.15) is 4.57 Å². The van der Waals surface area contributed by atoms with E-state index in [1.165, 1.54) is 16.6 Å². The Morgan fingerprint density at radius 2 is 1.29 bits per heavy atom. The lowest BCUT2D eigenvalue weighted by Gasteiger charge is -2.18. The van der Waals surface area contributed by atoms with Crippen molar-refractivity contribution in [2.24, 2.45) is 7.05 Å². The SMILES string of the molecule is Cc1ccccc1-c1n(-c2c(C(C)C)nc(-c3ccccc3)nc2C(C)C)c2ccccc2[n+]1C. The molecule has 5 rings (SSSR count). The van der Waals surface area contributed by atoms with Gasteiger partial charge in [0, 0.05) is 17.4 Å². The highest BCUT2D eigenvalue weighted by atomic mass is 15.2. The molecule has 2 aromatic heterocycles. The second-order valence-corrected chi connectivity index (χ2v) is 9.86. The first-order chi connectivity index (χ1) is 16.9. The smallest absolute Gasteiger partial charge is 0.228 e. The molecule has 176 valence electrons. The number of benzene rings is 3. The summed E-state index contributed by atoms with van der Waals surface area (Å²) in [5.74, 6) is 2.39. The van der Waals surface area contributed by atoms with Crippen molar-refractivity contribution in [2.75, 3.05) is 0 Å². The van der Waals surface area contributed by atoms with Gasteiger partial charge in [0.25, 0.3) is 5.82 Å². The van der Waals surface area contributed by atoms with Crippen molar-refractivity contribution >= 4 is 11.0 Å². The van der Waals surface area contributed by atoms with Crippen LogP contribution in [-0.4, -0.2) is 14.5 Å². The van der Waals surface area contributed by atoms with Gasteiger partial charge < -0.3 is 0 Å². The van der Waals surface area contributed by atoms with Gasteiger partial charge in [-0.3, -0.25) is 0 Å². The molecule has 0 bridgehead atoms. The molecule has 0 aliphatic carbocycles. The Bertz CT molecular complexity index is 1480. The quantitative estimate of drug-likeness (QED) is 0.261. The maximum absolute atomic E-state index is 5.19.